The molecule has 8 nitrogen and oxygen atoms in total. The van der Waals surface area contributed by atoms with E-state index in [0.717, 1.165) is 19.3 Å². The molecular formula is C18H32N4O4. The standard InChI is InChI=1S/C18H32N4O4/c1-3-19-16(24)21-18(13-14-5-6-14)8-11-22(12-9-18)17(25)20-10-7-15(23)26-4-2/h14H,3-13H2,1-2H3,(H,20,25)(H2,19,21,24). The number of nitrogens with zero attached hydrogens (tertiary/aromatic N) is 1. The van der Waals surface area contributed by atoms with Gasteiger partial charge in [-0.3, -0.25) is 4.79 Å². The summed E-state index contributed by atoms with van der Waals surface area (Å²) in [6, 6.07) is -0.284. The Labute approximate surface area is 155 Å². The van der Waals surface area contributed by atoms with Crippen LogP contribution in [-0.2, 0) is 9.53 Å². The van der Waals surface area contributed by atoms with Crippen molar-refractivity contribution in [1.82, 2.24) is 20.9 Å². The lowest BCUT2D eigenvalue weighted by molar-refractivity contribution is -0.142. The van der Waals surface area contributed by atoms with Crippen molar-refractivity contribution in [3.8, 4) is 0 Å². The predicted octanol–water partition coefficient (Wildman–Crippen LogP) is 1.60. The molecule has 2 rings (SSSR count). The Bertz CT molecular complexity index is 499. The van der Waals surface area contributed by atoms with Crippen LogP contribution in [0.25, 0.3) is 0 Å². The quantitative estimate of drug-likeness (QED) is 0.567. The van der Waals surface area contributed by atoms with E-state index in [1.807, 2.05) is 6.92 Å². The molecule has 1 saturated carbocycles. The van der Waals surface area contributed by atoms with Crippen LogP contribution in [0.3, 0.4) is 0 Å². The van der Waals surface area contributed by atoms with E-state index in [-0.39, 0.29) is 36.5 Å². The Morgan fingerprint density at radius 1 is 1.12 bits per heavy atom. The van der Waals surface area contributed by atoms with Crippen molar-refractivity contribution < 1.29 is 19.1 Å². The SMILES string of the molecule is CCNC(=O)NC1(CC2CC2)CCN(C(=O)NCCC(=O)OCC)CC1. The number of likely N-dealkylation sites (tertiary alicyclic amines) is 1. The minimum Gasteiger partial charge on any atom is -0.466 e. The Morgan fingerprint density at radius 2 is 1.81 bits per heavy atom. The average Bonchev–Trinajstić information content (AvgIpc) is 3.39. The van der Waals surface area contributed by atoms with Crippen molar-refractivity contribution in [2.75, 3.05) is 32.8 Å². The third kappa shape index (κ3) is 6.38. The first kappa shape index (κ1) is 20.3. The number of carbonyl (C=O) groups excluding carboxylic acids is 3. The number of hydrogen-bond donors (Lipinski definition) is 3. The molecule has 8 heteroatoms. The first-order chi connectivity index (χ1) is 12.5. The molecule has 0 aromatic rings. The van der Waals surface area contributed by atoms with Gasteiger partial charge in [0.25, 0.3) is 0 Å². The van der Waals surface area contributed by atoms with Gasteiger partial charge in [0.1, 0.15) is 0 Å². The van der Waals surface area contributed by atoms with E-state index in [1.54, 1.807) is 11.8 Å². The van der Waals surface area contributed by atoms with Crippen molar-refractivity contribution in [3.05, 3.63) is 0 Å². The molecule has 1 aliphatic heterocycles. The lowest BCUT2D eigenvalue weighted by Gasteiger charge is -2.42. The van der Waals surface area contributed by atoms with Crippen LogP contribution in [0.15, 0.2) is 0 Å². The van der Waals surface area contributed by atoms with Gasteiger partial charge in [-0.05, 0) is 39.0 Å². The minimum absolute atomic E-state index is 0.125. The van der Waals surface area contributed by atoms with Crippen molar-refractivity contribution in [2.24, 2.45) is 5.92 Å². The maximum Gasteiger partial charge on any atom is 0.317 e. The van der Waals surface area contributed by atoms with Crippen molar-refractivity contribution >= 4 is 18.0 Å². The molecular weight excluding hydrogens is 336 g/mol. The zero-order valence-corrected chi connectivity index (χ0v) is 15.9. The molecule has 1 aliphatic carbocycles. The third-order valence-corrected chi connectivity index (χ3v) is 5.01. The van der Waals surface area contributed by atoms with Crippen molar-refractivity contribution in [2.45, 2.75) is 57.9 Å². The van der Waals surface area contributed by atoms with Gasteiger partial charge in [0.15, 0.2) is 0 Å². The Morgan fingerprint density at radius 3 is 2.38 bits per heavy atom. The average molecular weight is 368 g/mol. The predicted molar refractivity (Wildman–Crippen MR) is 97.7 cm³/mol. The smallest absolute Gasteiger partial charge is 0.317 e. The summed E-state index contributed by atoms with van der Waals surface area (Å²) in [4.78, 5) is 37.4. The fourth-order valence-electron chi connectivity index (χ4n) is 3.45. The second kappa shape index (κ2) is 9.64. The number of amides is 4. The number of nitrogens with one attached hydrogen (secondary N) is 3. The van der Waals surface area contributed by atoms with Gasteiger partial charge in [0.2, 0.25) is 0 Å². The fraction of sp³-hybridized carbons (Fsp3) is 0.833. The number of urea groups is 2. The number of esters is 1. The Balaban J connectivity index is 1.79. The zero-order valence-electron chi connectivity index (χ0n) is 15.9. The molecule has 1 saturated heterocycles. The highest BCUT2D eigenvalue weighted by atomic mass is 16.5. The molecule has 2 fully saturated rings. The summed E-state index contributed by atoms with van der Waals surface area (Å²) in [5, 5.41) is 8.74. The Kier molecular flexibility index (Phi) is 7.53. The summed E-state index contributed by atoms with van der Waals surface area (Å²) in [6.07, 6.45) is 5.14. The van der Waals surface area contributed by atoms with Gasteiger partial charge >= 0.3 is 18.0 Å². The van der Waals surface area contributed by atoms with E-state index in [0.29, 0.717) is 32.2 Å². The van der Waals surface area contributed by atoms with Crippen LogP contribution in [0.4, 0.5) is 9.59 Å². The van der Waals surface area contributed by atoms with Crippen LogP contribution in [-0.4, -0.2) is 61.3 Å². The van der Waals surface area contributed by atoms with Crippen molar-refractivity contribution in [3.63, 3.8) is 0 Å². The number of hydrogen-bond acceptors (Lipinski definition) is 4. The lowest BCUT2D eigenvalue weighted by atomic mass is 9.82. The third-order valence-electron chi connectivity index (χ3n) is 5.01. The zero-order chi connectivity index (χ0) is 19.0. The molecule has 3 N–H and O–H groups in total. The molecule has 0 aromatic heterocycles. The summed E-state index contributed by atoms with van der Waals surface area (Å²) in [5.41, 5.74) is -0.220. The molecule has 1 heterocycles. The maximum atomic E-state index is 12.3. The van der Waals surface area contributed by atoms with Gasteiger partial charge in [-0.15, -0.1) is 0 Å². The molecule has 0 unspecified atom stereocenters. The van der Waals surface area contributed by atoms with Gasteiger partial charge < -0.3 is 25.6 Å². The summed E-state index contributed by atoms with van der Waals surface area (Å²) >= 11 is 0. The van der Waals surface area contributed by atoms with Gasteiger partial charge in [-0.25, -0.2) is 9.59 Å². The first-order valence-electron chi connectivity index (χ1n) is 9.72. The van der Waals surface area contributed by atoms with E-state index >= 15 is 0 Å². The first-order valence-corrected chi connectivity index (χ1v) is 9.72. The topological polar surface area (TPSA) is 99.8 Å². The normalized spacial score (nSPS) is 18.8. The number of rotatable bonds is 8. The van der Waals surface area contributed by atoms with Crippen LogP contribution in [0, 0.1) is 5.92 Å². The summed E-state index contributed by atoms with van der Waals surface area (Å²) in [6.45, 7) is 6.08. The highest BCUT2D eigenvalue weighted by Gasteiger charge is 2.41. The van der Waals surface area contributed by atoms with E-state index in [9.17, 15) is 14.4 Å². The van der Waals surface area contributed by atoms with Crippen LogP contribution >= 0.6 is 0 Å². The van der Waals surface area contributed by atoms with Gasteiger partial charge in [0, 0.05) is 31.7 Å². The minimum atomic E-state index is -0.305. The molecule has 2 aliphatic rings. The number of ether oxygens (including phenoxy) is 1. The van der Waals surface area contributed by atoms with Gasteiger partial charge in [-0.2, -0.15) is 0 Å². The highest BCUT2D eigenvalue weighted by Crippen LogP contribution is 2.40. The second-order valence-corrected chi connectivity index (χ2v) is 7.19. The molecule has 0 atom stereocenters. The van der Waals surface area contributed by atoms with Crippen LogP contribution < -0.4 is 16.0 Å². The van der Waals surface area contributed by atoms with E-state index < -0.39 is 0 Å². The molecule has 4 amide bonds. The van der Waals surface area contributed by atoms with Crippen LogP contribution in [0.5, 0.6) is 0 Å². The summed E-state index contributed by atoms with van der Waals surface area (Å²) < 4.78 is 4.85. The number of carbonyl (C=O) groups is 3. The molecule has 0 spiro atoms. The molecule has 26 heavy (non-hydrogen) atoms. The fourth-order valence-corrected chi connectivity index (χ4v) is 3.45. The van der Waals surface area contributed by atoms with Crippen molar-refractivity contribution in [1.29, 1.82) is 0 Å². The number of piperidine rings is 1. The van der Waals surface area contributed by atoms with Crippen LogP contribution in [0.1, 0.15) is 52.4 Å². The molecule has 0 aromatic carbocycles. The van der Waals surface area contributed by atoms with E-state index in [1.165, 1.54) is 12.8 Å². The van der Waals surface area contributed by atoms with Gasteiger partial charge in [0.05, 0.1) is 13.0 Å². The highest BCUT2D eigenvalue weighted by molar-refractivity contribution is 5.76. The van der Waals surface area contributed by atoms with E-state index in [4.69, 9.17) is 4.74 Å². The lowest BCUT2D eigenvalue weighted by Crippen LogP contribution is -2.59. The largest absolute Gasteiger partial charge is 0.466 e. The Hall–Kier alpha value is -1.99. The summed E-state index contributed by atoms with van der Waals surface area (Å²) in [7, 11) is 0. The monoisotopic (exact) mass is 368 g/mol. The molecule has 0 radical (unpaired) electrons. The molecule has 0 bridgehead atoms. The maximum absolute atomic E-state index is 12.3. The summed E-state index contributed by atoms with van der Waals surface area (Å²) in [5.74, 6) is 0.392. The molecule has 148 valence electrons. The van der Waals surface area contributed by atoms with E-state index in [2.05, 4.69) is 16.0 Å². The second-order valence-electron chi connectivity index (χ2n) is 7.19. The van der Waals surface area contributed by atoms with Crippen LogP contribution in [0.2, 0.25) is 0 Å². The van der Waals surface area contributed by atoms with Gasteiger partial charge in [-0.1, -0.05) is 12.8 Å².